The summed E-state index contributed by atoms with van der Waals surface area (Å²) >= 11 is 4.42. The van der Waals surface area contributed by atoms with Crippen LogP contribution in [-0.4, -0.2) is 18.2 Å². The number of aromatic nitrogens is 2. The molecule has 0 unspecified atom stereocenters. The van der Waals surface area contributed by atoms with E-state index in [9.17, 15) is 8.42 Å². The molecule has 0 spiro atoms. The van der Waals surface area contributed by atoms with E-state index in [1.165, 1.54) is 5.56 Å². The first-order valence-corrected chi connectivity index (χ1v) is 9.89. The smallest absolute Gasteiger partial charge is 0.266 e. The largest absolute Gasteiger partial charge is 0.272 e. The maximum atomic E-state index is 12.2. The SMILES string of the molecule is Cc1ccc(Cn2ccc(NS(=O)(=O)c3ccc(Br)s3)n2)cc1. The summed E-state index contributed by atoms with van der Waals surface area (Å²) < 4.78 is 29.7. The van der Waals surface area contributed by atoms with Crippen molar-refractivity contribution in [2.24, 2.45) is 0 Å². The standard InChI is InChI=1S/C15H14BrN3O2S2/c1-11-2-4-12(5-3-11)10-19-9-8-14(17-19)18-23(20,21)15-7-6-13(16)22-15/h2-9H,10H2,1H3,(H,17,18). The number of anilines is 1. The van der Waals surface area contributed by atoms with E-state index in [-0.39, 0.29) is 4.21 Å². The van der Waals surface area contributed by atoms with Gasteiger partial charge in [-0.2, -0.15) is 5.10 Å². The molecule has 0 fully saturated rings. The van der Waals surface area contributed by atoms with E-state index in [2.05, 4.69) is 25.8 Å². The molecule has 0 saturated heterocycles. The number of rotatable bonds is 5. The maximum Gasteiger partial charge on any atom is 0.272 e. The molecule has 0 amide bonds. The molecule has 8 heteroatoms. The minimum Gasteiger partial charge on any atom is -0.266 e. The minimum absolute atomic E-state index is 0.248. The Balaban J connectivity index is 1.73. The van der Waals surface area contributed by atoms with Crippen molar-refractivity contribution in [2.45, 2.75) is 17.7 Å². The minimum atomic E-state index is -3.59. The van der Waals surface area contributed by atoms with Crippen LogP contribution in [0.5, 0.6) is 0 Å². The molecule has 1 aromatic carbocycles. The summed E-state index contributed by atoms with van der Waals surface area (Å²) in [6, 6.07) is 13.0. The fraction of sp³-hybridized carbons (Fsp3) is 0.133. The van der Waals surface area contributed by atoms with E-state index >= 15 is 0 Å². The van der Waals surface area contributed by atoms with Gasteiger partial charge in [0.2, 0.25) is 0 Å². The van der Waals surface area contributed by atoms with Crippen molar-refractivity contribution in [1.82, 2.24) is 9.78 Å². The van der Waals surface area contributed by atoms with Crippen LogP contribution in [0, 0.1) is 6.92 Å². The summed E-state index contributed by atoms with van der Waals surface area (Å²) in [6.07, 6.45) is 1.75. The molecule has 0 saturated carbocycles. The monoisotopic (exact) mass is 411 g/mol. The van der Waals surface area contributed by atoms with Crippen LogP contribution < -0.4 is 4.72 Å². The molecule has 120 valence electrons. The van der Waals surface area contributed by atoms with Crippen molar-refractivity contribution >= 4 is 43.1 Å². The van der Waals surface area contributed by atoms with Crippen LogP contribution in [0.3, 0.4) is 0 Å². The van der Waals surface area contributed by atoms with Crippen molar-refractivity contribution in [3.63, 3.8) is 0 Å². The molecule has 0 aliphatic rings. The Bertz CT molecular complexity index is 914. The zero-order valence-corrected chi connectivity index (χ0v) is 15.5. The highest BCUT2D eigenvalue weighted by molar-refractivity contribution is 9.11. The number of halogens is 1. The van der Waals surface area contributed by atoms with Crippen LogP contribution in [0.4, 0.5) is 5.82 Å². The second-order valence-corrected chi connectivity index (χ2v) is 9.42. The molecule has 1 N–H and O–H groups in total. The van der Waals surface area contributed by atoms with Gasteiger partial charge in [0.05, 0.1) is 10.3 Å². The number of benzene rings is 1. The molecule has 2 aromatic heterocycles. The topological polar surface area (TPSA) is 64.0 Å². The van der Waals surface area contributed by atoms with Crippen LogP contribution in [0.25, 0.3) is 0 Å². The Morgan fingerprint density at radius 3 is 2.57 bits per heavy atom. The lowest BCUT2D eigenvalue weighted by atomic mass is 10.1. The van der Waals surface area contributed by atoms with Gasteiger partial charge < -0.3 is 0 Å². The van der Waals surface area contributed by atoms with E-state index in [1.54, 1.807) is 29.1 Å². The number of hydrogen-bond donors (Lipinski definition) is 1. The highest BCUT2D eigenvalue weighted by atomic mass is 79.9. The van der Waals surface area contributed by atoms with Crippen LogP contribution >= 0.6 is 27.3 Å². The third-order valence-electron chi connectivity index (χ3n) is 3.16. The van der Waals surface area contributed by atoms with Crippen molar-refractivity contribution in [3.8, 4) is 0 Å². The first-order chi connectivity index (χ1) is 10.9. The van der Waals surface area contributed by atoms with Crippen molar-refractivity contribution < 1.29 is 8.42 Å². The van der Waals surface area contributed by atoms with Crippen LogP contribution in [0.1, 0.15) is 11.1 Å². The number of hydrogen-bond acceptors (Lipinski definition) is 4. The van der Waals surface area contributed by atoms with Crippen molar-refractivity contribution in [2.75, 3.05) is 4.72 Å². The maximum absolute atomic E-state index is 12.2. The number of aryl methyl sites for hydroxylation is 1. The summed E-state index contributed by atoms with van der Waals surface area (Å²) in [5, 5.41) is 4.26. The van der Waals surface area contributed by atoms with E-state index in [4.69, 9.17) is 0 Å². The summed E-state index contributed by atoms with van der Waals surface area (Å²) in [5.41, 5.74) is 2.31. The molecule has 3 rings (SSSR count). The molecule has 2 heterocycles. The summed E-state index contributed by atoms with van der Waals surface area (Å²) in [6.45, 7) is 2.63. The highest BCUT2D eigenvalue weighted by Crippen LogP contribution is 2.27. The fourth-order valence-corrected chi connectivity index (χ4v) is 5.02. The number of nitrogens with one attached hydrogen (secondary N) is 1. The predicted molar refractivity (Wildman–Crippen MR) is 95.3 cm³/mol. The fourth-order valence-electron chi connectivity index (χ4n) is 2.01. The third-order valence-corrected chi connectivity index (χ3v) is 6.63. The lowest BCUT2D eigenvalue weighted by Gasteiger charge is -2.04. The van der Waals surface area contributed by atoms with E-state index < -0.39 is 10.0 Å². The quantitative estimate of drug-likeness (QED) is 0.692. The van der Waals surface area contributed by atoms with Crippen molar-refractivity contribution in [1.29, 1.82) is 0 Å². The lowest BCUT2D eigenvalue weighted by molar-refractivity contribution is 0.602. The Morgan fingerprint density at radius 2 is 1.91 bits per heavy atom. The van der Waals surface area contributed by atoms with Crippen molar-refractivity contribution in [3.05, 3.63) is 63.6 Å². The molecular formula is C15H14BrN3O2S2. The average molecular weight is 412 g/mol. The van der Waals surface area contributed by atoms with Gasteiger partial charge in [-0.1, -0.05) is 29.8 Å². The Hall–Kier alpha value is -1.64. The first-order valence-electron chi connectivity index (χ1n) is 6.79. The van der Waals surface area contributed by atoms with Gasteiger partial charge in [-0.05, 0) is 40.5 Å². The zero-order valence-electron chi connectivity index (χ0n) is 12.2. The highest BCUT2D eigenvalue weighted by Gasteiger charge is 2.17. The molecular weight excluding hydrogens is 398 g/mol. The second-order valence-electron chi connectivity index (χ2n) is 5.05. The van der Waals surface area contributed by atoms with Gasteiger partial charge in [-0.15, -0.1) is 11.3 Å². The Kier molecular flexibility index (Phi) is 4.56. The molecule has 0 aliphatic carbocycles. The number of sulfonamides is 1. The number of thiophene rings is 1. The molecule has 0 radical (unpaired) electrons. The van der Waals surface area contributed by atoms with E-state index in [1.807, 2.05) is 31.2 Å². The normalized spacial score (nSPS) is 11.6. The van der Waals surface area contributed by atoms with Gasteiger partial charge in [-0.3, -0.25) is 9.40 Å². The van der Waals surface area contributed by atoms with Gasteiger partial charge in [0.25, 0.3) is 10.0 Å². The zero-order chi connectivity index (χ0) is 16.4. The van der Waals surface area contributed by atoms with Gasteiger partial charge in [0, 0.05) is 12.3 Å². The van der Waals surface area contributed by atoms with Crippen LogP contribution in [0.15, 0.2) is 56.7 Å². The molecule has 0 atom stereocenters. The molecule has 0 aliphatic heterocycles. The lowest BCUT2D eigenvalue weighted by Crippen LogP contribution is -2.12. The van der Waals surface area contributed by atoms with Gasteiger partial charge in [-0.25, -0.2) is 8.42 Å². The summed E-state index contributed by atoms with van der Waals surface area (Å²) in [4.78, 5) is 0. The molecule has 5 nitrogen and oxygen atoms in total. The van der Waals surface area contributed by atoms with Gasteiger partial charge >= 0.3 is 0 Å². The Morgan fingerprint density at radius 1 is 1.17 bits per heavy atom. The first kappa shape index (κ1) is 16.2. The molecule has 3 aromatic rings. The van der Waals surface area contributed by atoms with E-state index in [0.717, 1.165) is 20.7 Å². The molecule has 23 heavy (non-hydrogen) atoms. The summed E-state index contributed by atoms with van der Waals surface area (Å²) in [5.74, 6) is 0.307. The third kappa shape index (κ3) is 4.01. The molecule has 0 bridgehead atoms. The Labute approximate surface area is 147 Å². The van der Waals surface area contributed by atoms with Gasteiger partial charge in [0.1, 0.15) is 4.21 Å². The van der Waals surface area contributed by atoms with Crippen LogP contribution in [0.2, 0.25) is 0 Å². The predicted octanol–water partition coefficient (Wildman–Crippen LogP) is 3.86. The van der Waals surface area contributed by atoms with Gasteiger partial charge in [0.15, 0.2) is 5.82 Å². The van der Waals surface area contributed by atoms with Crippen LogP contribution in [-0.2, 0) is 16.6 Å². The van der Waals surface area contributed by atoms with E-state index in [0.29, 0.717) is 12.4 Å². The summed E-state index contributed by atoms with van der Waals surface area (Å²) in [7, 11) is -3.59. The second kappa shape index (κ2) is 6.46. The number of nitrogens with zero attached hydrogens (tertiary/aromatic N) is 2. The average Bonchev–Trinajstić information content (AvgIpc) is 3.11.